The Kier molecular flexibility index (Phi) is 2.20. The first-order valence-corrected chi connectivity index (χ1v) is 5.22. The number of rotatable bonds is 1. The van der Waals surface area contributed by atoms with Gasteiger partial charge in [-0.25, -0.2) is 0 Å². The largest absolute Gasteiger partial charge is 0.300 e. The minimum atomic E-state index is 0.393. The highest BCUT2D eigenvalue weighted by molar-refractivity contribution is 7.16. The molecular formula is C9H9ClOS. The fraction of sp³-hybridized carbons (Fsp3) is 0.444. The molecule has 0 spiro atoms. The number of hydrogen-bond donors (Lipinski definition) is 0. The van der Waals surface area contributed by atoms with E-state index in [0.717, 1.165) is 23.6 Å². The van der Waals surface area contributed by atoms with Gasteiger partial charge in [0.1, 0.15) is 5.78 Å². The zero-order valence-corrected chi connectivity index (χ0v) is 8.12. The monoisotopic (exact) mass is 200 g/mol. The van der Waals surface area contributed by atoms with Crippen molar-refractivity contribution in [2.24, 2.45) is 0 Å². The number of ketones is 1. The lowest BCUT2D eigenvalue weighted by Crippen LogP contribution is -1.90. The van der Waals surface area contributed by atoms with Gasteiger partial charge in [0.25, 0.3) is 0 Å². The number of hydrogen-bond acceptors (Lipinski definition) is 2. The molecule has 0 saturated heterocycles. The quantitative estimate of drug-likeness (QED) is 0.680. The Bertz CT molecular complexity index is 305. The highest BCUT2D eigenvalue weighted by atomic mass is 35.5. The van der Waals surface area contributed by atoms with Crippen LogP contribution in [0.5, 0.6) is 0 Å². The maximum atomic E-state index is 11.0. The predicted octanol–water partition coefficient (Wildman–Crippen LogP) is 3.24. The Morgan fingerprint density at radius 2 is 2.33 bits per heavy atom. The molecule has 2 rings (SSSR count). The molecule has 0 aromatic carbocycles. The smallest absolute Gasteiger partial charge is 0.133 e. The Morgan fingerprint density at radius 1 is 1.50 bits per heavy atom. The van der Waals surface area contributed by atoms with Crippen LogP contribution in [0, 0.1) is 0 Å². The third-order valence-corrected chi connectivity index (χ3v) is 3.64. The third kappa shape index (κ3) is 1.54. The molecule has 0 bridgehead atoms. The molecule has 1 fully saturated rings. The van der Waals surface area contributed by atoms with E-state index < -0.39 is 0 Å². The molecule has 1 atom stereocenters. The first-order valence-electron chi connectivity index (χ1n) is 4.02. The molecule has 0 amide bonds. The van der Waals surface area contributed by atoms with Crippen LogP contribution in [-0.2, 0) is 4.79 Å². The number of carbonyl (C=O) groups excluding carboxylic acids is 1. The van der Waals surface area contributed by atoms with Gasteiger partial charge < -0.3 is 0 Å². The molecule has 0 aliphatic heterocycles. The normalized spacial score (nSPS) is 23.4. The zero-order chi connectivity index (χ0) is 8.55. The van der Waals surface area contributed by atoms with E-state index in [4.69, 9.17) is 11.6 Å². The van der Waals surface area contributed by atoms with Gasteiger partial charge >= 0.3 is 0 Å². The van der Waals surface area contributed by atoms with Gasteiger partial charge in [-0.15, -0.1) is 11.3 Å². The standard InChI is InChI=1S/C9H9ClOS/c10-9-4-3-8(12-9)6-1-2-7(11)5-6/h3-4,6H,1-2,5H2. The molecule has 1 aromatic rings. The summed E-state index contributed by atoms with van der Waals surface area (Å²) in [7, 11) is 0. The second kappa shape index (κ2) is 3.19. The summed E-state index contributed by atoms with van der Waals surface area (Å²) < 4.78 is 0.823. The molecule has 0 N–H and O–H groups in total. The van der Waals surface area contributed by atoms with Crippen LogP contribution in [-0.4, -0.2) is 5.78 Å². The molecular weight excluding hydrogens is 192 g/mol. The van der Waals surface area contributed by atoms with E-state index in [1.807, 2.05) is 12.1 Å². The first-order chi connectivity index (χ1) is 5.75. The number of carbonyl (C=O) groups is 1. The fourth-order valence-electron chi connectivity index (χ4n) is 1.60. The van der Waals surface area contributed by atoms with Crippen LogP contribution in [0.2, 0.25) is 4.34 Å². The van der Waals surface area contributed by atoms with Gasteiger partial charge in [-0.05, 0) is 18.6 Å². The fourth-order valence-corrected chi connectivity index (χ4v) is 2.80. The molecule has 1 aliphatic rings. The summed E-state index contributed by atoms with van der Waals surface area (Å²) >= 11 is 7.41. The summed E-state index contributed by atoms with van der Waals surface area (Å²) in [6, 6.07) is 3.95. The molecule has 1 aromatic heterocycles. The number of thiophene rings is 1. The molecule has 1 aliphatic carbocycles. The number of Topliss-reactive ketones (excluding diaryl/α,β-unsaturated/α-hetero) is 1. The molecule has 3 heteroatoms. The van der Waals surface area contributed by atoms with Gasteiger partial charge in [0, 0.05) is 23.6 Å². The minimum absolute atomic E-state index is 0.393. The molecule has 1 nitrogen and oxygen atoms in total. The van der Waals surface area contributed by atoms with Crippen molar-refractivity contribution >= 4 is 28.7 Å². The van der Waals surface area contributed by atoms with Crippen LogP contribution >= 0.6 is 22.9 Å². The maximum Gasteiger partial charge on any atom is 0.133 e. The van der Waals surface area contributed by atoms with E-state index in [2.05, 4.69) is 0 Å². The van der Waals surface area contributed by atoms with Crippen molar-refractivity contribution in [3.05, 3.63) is 21.3 Å². The van der Waals surface area contributed by atoms with Crippen molar-refractivity contribution in [1.82, 2.24) is 0 Å². The Morgan fingerprint density at radius 3 is 2.83 bits per heavy atom. The molecule has 0 radical (unpaired) electrons. The summed E-state index contributed by atoms with van der Waals surface area (Å²) in [4.78, 5) is 12.3. The van der Waals surface area contributed by atoms with Crippen molar-refractivity contribution < 1.29 is 4.79 Å². The van der Waals surface area contributed by atoms with Crippen molar-refractivity contribution in [3.8, 4) is 0 Å². The first kappa shape index (κ1) is 8.27. The molecule has 1 saturated carbocycles. The molecule has 1 unspecified atom stereocenters. The van der Waals surface area contributed by atoms with E-state index in [-0.39, 0.29) is 0 Å². The molecule has 1 heterocycles. The summed E-state index contributed by atoms with van der Waals surface area (Å²) in [5.74, 6) is 0.847. The highest BCUT2D eigenvalue weighted by Gasteiger charge is 2.24. The van der Waals surface area contributed by atoms with Gasteiger partial charge in [-0.1, -0.05) is 11.6 Å². The average Bonchev–Trinajstić information content (AvgIpc) is 2.58. The second-order valence-electron chi connectivity index (χ2n) is 3.12. The SMILES string of the molecule is O=C1CCC(c2ccc(Cl)s2)C1. The molecule has 64 valence electrons. The van der Waals surface area contributed by atoms with E-state index in [1.165, 1.54) is 4.88 Å². The lowest BCUT2D eigenvalue weighted by molar-refractivity contribution is -0.117. The van der Waals surface area contributed by atoms with Crippen molar-refractivity contribution in [3.63, 3.8) is 0 Å². The second-order valence-corrected chi connectivity index (χ2v) is 4.87. The Hall–Kier alpha value is -0.340. The predicted molar refractivity (Wildman–Crippen MR) is 50.9 cm³/mol. The number of halogens is 1. The van der Waals surface area contributed by atoms with E-state index in [9.17, 15) is 4.79 Å². The Labute approximate surface area is 80.4 Å². The van der Waals surface area contributed by atoms with Crippen molar-refractivity contribution in [2.45, 2.75) is 25.2 Å². The lowest BCUT2D eigenvalue weighted by atomic mass is 10.1. The van der Waals surface area contributed by atoms with Crippen LogP contribution in [0.4, 0.5) is 0 Å². The summed E-state index contributed by atoms with van der Waals surface area (Å²) in [5, 5.41) is 0. The summed E-state index contributed by atoms with van der Waals surface area (Å²) in [6.07, 6.45) is 2.48. The zero-order valence-electron chi connectivity index (χ0n) is 6.55. The van der Waals surface area contributed by atoms with E-state index in [1.54, 1.807) is 11.3 Å². The van der Waals surface area contributed by atoms with Crippen molar-refractivity contribution in [1.29, 1.82) is 0 Å². The van der Waals surface area contributed by atoms with E-state index in [0.29, 0.717) is 11.7 Å². The van der Waals surface area contributed by atoms with Crippen LogP contribution < -0.4 is 0 Å². The third-order valence-electron chi connectivity index (χ3n) is 2.24. The van der Waals surface area contributed by atoms with Gasteiger partial charge in [0.2, 0.25) is 0 Å². The van der Waals surface area contributed by atoms with Crippen molar-refractivity contribution in [2.75, 3.05) is 0 Å². The van der Waals surface area contributed by atoms with Crippen LogP contribution in [0.25, 0.3) is 0 Å². The Balaban J connectivity index is 2.15. The summed E-state index contributed by atoms with van der Waals surface area (Å²) in [5.41, 5.74) is 0. The van der Waals surface area contributed by atoms with Gasteiger partial charge in [-0.2, -0.15) is 0 Å². The average molecular weight is 201 g/mol. The van der Waals surface area contributed by atoms with Crippen LogP contribution in [0.1, 0.15) is 30.1 Å². The lowest BCUT2D eigenvalue weighted by Gasteiger charge is -2.02. The topological polar surface area (TPSA) is 17.1 Å². The van der Waals surface area contributed by atoms with Crippen LogP contribution in [0.15, 0.2) is 12.1 Å². The minimum Gasteiger partial charge on any atom is -0.300 e. The summed E-state index contributed by atoms with van der Waals surface area (Å²) in [6.45, 7) is 0. The molecule has 12 heavy (non-hydrogen) atoms. The van der Waals surface area contributed by atoms with Gasteiger partial charge in [0.05, 0.1) is 4.34 Å². The highest BCUT2D eigenvalue weighted by Crippen LogP contribution is 2.37. The van der Waals surface area contributed by atoms with E-state index >= 15 is 0 Å². The van der Waals surface area contributed by atoms with Crippen LogP contribution in [0.3, 0.4) is 0 Å². The van der Waals surface area contributed by atoms with Gasteiger partial charge in [-0.3, -0.25) is 4.79 Å². The maximum absolute atomic E-state index is 11.0. The van der Waals surface area contributed by atoms with Gasteiger partial charge in [0.15, 0.2) is 0 Å².